The van der Waals surface area contributed by atoms with E-state index in [2.05, 4.69) is 58.3 Å². The van der Waals surface area contributed by atoms with Crippen molar-refractivity contribution >= 4 is 0 Å². The molecular weight excluding hydrogens is 314 g/mol. The number of halogens is 1. The van der Waals surface area contributed by atoms with Crippen molar-refractivity contribution in [3.63, 3.8) is 0 Å². The standard InChI is InChI=1S/C22H40N.ClH/c1-5-6-7-8-9-10-11-12-13-17-20-23(3,4)21(2)22-18-15-14-16-19-22;/h14-16,18-19,21H,5-13,17,20H2,1-4H3;1H/q+1;/p-1. The van der Waals surface area contributed by atoms with Crippen LogP contribution in [0.2, 0.25) is 0 Å². The molecule has 1 aromatic carbocycles. The highest BCUT2D eigenvalue weighted by molar-refractivity contribution is 5.16. The first-order valence-corrected chi connectivity index (χ1v) is 9.95. The fourth-order valence-corrected chi connectivity index (χ4v) is 3.34. The van der Waals surface area contributed by atoms with Crippen LogP contribution >= 0.6 is 0 Å². The third-order valence-electron chi connectivity index (χ3n) is 5.42. The molecule has 1 atom stereocenters. The lowest BCUT2D eigenvalue weighted by Gasteiger charge is -2.36. The van der Waals surface area contributed by atoms with Gasteiger partial charge in [0, 0.05) is 5.56 Å². The van der Waals surface area contributed by atoms with Crippen molar-refractivity contribution in [1.29, 1.82) is 0 Å². The van der Waals surface area contributed by atoms with Crippen LogP contribution in [0.25, 0.3) is 0 Å². The lowest BCUT2D eigenvalue weighted by atomic mass is 10.0. The monoisotopic (exact) mass is 353 g/mol. The molecule has 0 heterocycles. The second kappa shape index (κ2) is 13.7. The van der Waals surface area contributed by atoms with E-state index >= 15 is 0 Å². The Bertz CT molecular complexity index is 388. The van der Waals surface area contributed by atoms with Crippen molar-refractivity contribution in [3.05, 3.63) is 35.9 Å². The first-order chi connectivity index (χ1) is 11.1. The molecule has 0 aliphatic rings. The second-order valence-corrected chi connectivity index (χ2v) is 7.77. The second-order valence-electron chi connectivity index (χ2n) is 7.77. The van der Waals surface area contributed by atoms with Gasteiger partial charge < -0.3 is 16.9 Å². The minimum Gasteiger partial charge on any atom is -1.00 e. The zero-order valence-electron chi connectivity index (χ0n) is 16.6. The third kappa shape index (κ3) is 9.69. The maximum absolute atomic E-state index is 2.38. The van der Waals surface area contributed by atoms with Crippen LogP contribution < -0.4 is 12.4 Å². The summed E-state index contributed by atoms with van der Waals surface area (Å²) in [4.78, 5) is 0. The lowest BCUT2D eigenvalue weighted by Crippen LogP contribution is -3.00. The normalized spacial score (nSPS) is 12.7. The molecule has 24 heavy (non-hydrogen) atoms. The Morgan fingerprint density at radius 3 is 1.71 bits per heavy atom. The first kappa shape index (κ1) is 23.5. The van der Waals surface area contributed by atoms with Crippen molar-refractivity contribution in [3.8, 4) is 0 Å². The van der Waals surface area contributed by atoms with Gasteiger partial charge in [0.05, 0.1) is 20.6 Å². The summed E-state index contributed by atoms with van der Waals surface area (Å²) in [6, 6.07) is 11.5. The van der Waals surface area contributed by atoms with Gasteiger partial charge in [0.2, 0.25) is 0 Å². The largest absolute Gasteiger partial charge is 1.00 e. The van der Waals surface area contributed by atoms with Gasteiger partial charge in [-0.15, -0.1) is 0 Å². The number of hydrogen-bond donors (Lipinski definition) is 0. The summed E-state index contributed by atoms with van der Waals surface area (Å²) in [5.74, 6) is 0. The van der Waals surface area contributed by atoms with E-state index in [-0.39, 0.29) is 12.4 Å². The summed E-state index contributed by atoms with van der Waals surface area (Å²) in [6.45, 7) is 5.94. The quantitative estimate of drug-likeness (QED) is 0.374. The van der Waals surface area contributed by atoms with Crippen molar-refractivity contribution in [2.24, 2.45) is 0 Å². The predicted octanol–water partition coefficient (Wildman–Crippen LogP) is 3.75. The van der Waals surface area contributed by atoms with Gasteiger partial charge in [0.25, 0.3) is 0 Å². The molecule has 0 bridgehead atoms. The predicted molar refractivity (Wildman–Crippen MR) is 104 cm³/mol. The third-order valence-corrected chi connectivity index (χ3v) is 5.42. The zero-order valence-corrected chi connectivity index (χ0v) is 17.3. The van der Waals surface area contributed by atoms with E-state index in [1.807, 2.05) is 0 Å². The van der Waals surface area contributed by atoms with E-state index in [0.717, 1.165) is 4.48 Å². The minimum atomic E-state index is 0. The van der Waals surface area contributed by atoms with E-state index in [9.17, 15) is 0 Å². The molecule has 0 amide bonds. The summed E-state index contributed by atoms with van der Waals surface area (Å²) < 4.78 is 1.10. The molecule has 0 aliphatic carbocycles. The topological polar surface area (TPSA) is 0 Å². The van der Waals surface area contributed by atoms with Gasteiger partial charge in [0.1, 0.15) is 6.04 Å². The molecular formula is C22H40ClN. The van der Waals surface area contributed by atoms with Crippen LogP contribution in [0.15, 0.2) is 30.3 Å². The van der Waals surface area contributed by atoms with E-state index in [4.69, 9.17) is 0 Å². The molecule has 0 radical (unpaired) electrons. The molecule has 0 aromatic heterocycles. The smallest absolute Gasteiger partial charge is 0.111 e. The number of benzene rings is 1. The minimum absolute atomic E-state index is 0. The molecule has 140 valence electrons. The molecule has 0 saturated heterocycles. The van der Waals surface area contributed by atoms with Crippen LogP contribution in [0.4, 0.5) is 0 Å². The average molecular weight is 354 g/mol. The van der Waals surface area contributed by atoms with Gasteiger partial charge in [-0.25, -0.2) is 0 Å². The van der Waals surface area contributed by atoms with Crippen molar-refractivity contribution in [1.82, 2.24) is 0 Å². The number of rotatable bonds is 13. The molecule has 2 heteroatoms. The SMILES string of the molecule is CCCCCCCCCCCC[N+](C)(C)C(C)c1ccccc1.[Cl-]. The van der Waals surface area contributed by atoms with Gasteiger partial charge in [-0.3, -0.25) is 0 Å². The van der Waals surface area contributed by atoms with E-state index in [1.165, 1.54) is 76.3 Å². The van der Waals surface area contributed by atoms with Crippen molar-refractivity contribution in [2.45, 2.75) is 84.1 Å². The highest BCUT2D eigenvalue weighted by Crippen LogP contribution is 2.25. The van der Waals surface area contributed by atoms with E-state index in [1.54, 1.807) is 0 Å². The Morgan fingerprint density at radius 2 is 1.21 bits per heavy atom. The summed E-state index contributed by atoms with van der Waals surface area (Å²) in [7, 11) is 4.76. The zero-order chi connectivity index (χ0) is 17.0. The first-order valence-electron chi connectivity index (χ1n) is 9.95. The maximum Gasteiger partial charge on any atom is 0.111 e. The number of nitrogens with zero attached hydrogens (tertiary/aromatic N) is 1. The summed E-state index contributed by atoms with van der Waals surface area (Å²) >= 11 is 0. The lowest BCUT2D eigenvalue weighted by molar-refractivity contribution is -0.919. The van der Waals surface area contributed by atoms with Crippen molar-refractivity contribution in [2.75, 3.05) is 20.6 Å². The van der Waals surface area contributed by atoms with Crippen LogP contribution in [0.3, 0.4) is 0 Å². The van der Waals surface area contributed by atoms with Crippen LogP contribution in [-0.4, -0.2) is 25.1 Å². The van der Waals surface area contributed by atoms with Crippen LogP contribution in [0.1, 0.15) is 89.7 Å². The number of hydrogen-bond acceptors (Lipinski definition) is 0. The summed E-state index contributed by atoms with van der Waals surface area (Å²) in [5.41, 5.74) is 1.46. The van der Waals surface area contributed by atoms with E-state index < -0.39 is 0 Å². The number of unbranched alkanes of at least 4 members (excludes halogenated alkanes) is 9. The fourth-order valence-electron chi connectivity index (χ4n) is 3.34. The molecule has 1 unspecified atom stereocenters. The van der Waals surface area contributed by atoms with Gasteiger partial charge in [-0.2, -0.15) is 0 Å². The molecule has 1 nitrogen and oxygen atoms in total. The van der Waals surface area contributed by atoms with E-state index in [0.29, 0.717) is 6.04 Å². The Morgan fingerprint density at radius 1 is 0.750 bits per heavy atom. The molecule has 1 aromatic rings. The number of quaternary nitrogens is 1. The molecule has 0 fully saturated rings. The Labute approximate surface area is 157 Å². The molecule has 1 rings (SSSR count). The fraction of sp³-hybridized carbons (Fsp3) is 0.727. The Balaban J connectivity index is 0.00000529. The molecule has 0 saturated carbocycles. The Hall–Kier alpha value is -0.530. The van der Waals surface area contributed by atoms with Gasteiger partial charge >= 0.3 is 0 Å². The molecule has 0 N–H and O–H groups in total. The van der Waals surface area contributed by atoms with Crippen molar-refractivity contribution < 1.29 is 16.9 Å². The van der Waals surface area contributed by atoms with Crippen LogP contribution in [0, 0.1) is 0 Å². The van der Waals surface area contributed by atoms with Gasteiger partial charge in [-0.05, 0) is 19.8 Å². The van der Waals surface area contributed by atoms with Crippen LogP contribution in [-0.2, 0) is 0 Å². The maximum atomic E-state index is 2.38. The molecule has 0 spiro atoms. The van der Waals surface area contributed by atoms with Gasteiger partial charge in [0.15, 0.2) is 0 Å². The van der Waals surface area contributed by atoms with Crippen LogP contribution in [0.5, 0.6) is 0 Å². The highest BCUT2D eigenvalue weighted by atomic mass is 35.5. The highest BCUT2D eigenvalue weighted by Gasteiger charge is 2.24. The Kier molecular flexibility index (Phi) is 13.4. The average Bonchev–Trinajstić information content (AvgIpc) is 2.56. The summed E-state index contributed by atoms with van der Waals surface area (Å²) in [6.07, 6.45) is 14.2. The van der Waals surface area contributed by atoms with Gasteiger partial charge in [-0.1, -0.05) is 88.6 Å². The molecule has 0 aliphatic heterocycles. The summed E-state index contributed by atoms with van der Waals surface area (Å²) in [5, 5.41) is 0.